The van der Waals surface area contributed by atoms with Crippen LogP contribution in [-0.2, 0) is 0 Å². The van der Waals surface area contributed by atoms with E-state index in [-0.39, 0.29) is 5.91 Å². The number of halogens is 1. The third-order valence-electron chi connectivity index (χ3n) is 2.68. The summed E-state index contributed by atoms with van der Waals surface area (Å²) in [6, 6.07) is 10.9. The van der Waals surface area contributed by atoms with Gasteiger partial charge in [0.1, 0.15) is 5.75 Å². The topological polar surface area (TPSA) is 50.7 Å². The summed E-state index contributed by atoms with van der Waals surface area (Å²) in [5, 5.41) is 4.12. The van der Waals surface area contributed by atoms with Crippen LogP contribution in [0.25, 0.3) is 0 Å². The average Bonchev–Trinajstić information content (AvgIpc) is 2.92. The Kier molecular flexibility index (Phi) is 5.52. The van der Waals surface area contributed by atoms with E-state index in [1.165, 1.54) is 0 Å². The van der Waals surface area contributed by atoms with Crippen molar-refractivity contribution in [1.29, 1.82) is 0 Å². The second kappa shape index (κ2) is 7.38. The van der Waals surface area contributed by atoms with Gasteiger partial charge in [-0.3, -0.25) is 4.79 Å². The molecule has 0 aliphatic carbocycles. The number of nitrogens with zero attached hydrogens (tertiary/aromatic N) is 1. The number of hydrazone groups is 1. The Bertz CT molecular complexity index is 650. The molecule has 21 heavy (non-hydrogen) atoms. The Morgan fingerprint density at radius 1 is 1.29 bits per heavy atom. The number of carbonyl (C=O) groups excluding carboxylic acids is 1. The third kappa shape index (κ3) is 4.41. The first-order valence-electron chi connectivity index (χ1n) is 6.43. The van der Waals surface area contributed by atoms with E-state index in [0.29, 0.717) is 12.2 Å². The number of amides is 1. The Hall–Kier alpha value is -1.66. The third-order valence-corrected chi connectivity index (χ3v) is 4.41. The van der Waals surface area contributed by atoms with Gasteiger partial charge in [-0.15, -0.1) is 11.3 Å². The summed E-state index contributed by atoms with van der Waals surface area (Å²) < 4.78 is 6.37. The summed E-state index contributed by atoms with van der Waals surface area (Å²) in [5.74, 6) is 0.505. The monoisotopic (exact) mass is 366 g/mol. The number of thiophene rings is 1. The molecule has 0 spiro atoms. The highest BCUT2D eigenvalue weighted by Crippen LogP contribution is 2.22. The predicted octanol–water partition coefficient (Wildman–Crippen LogP) is 4.06. The van der Waals surface area contributed by atoms with E-state index >= 15 is 0 Å². The lowest BCUT2D eigenvalue weighted by Crippen LogP contribution is -2.19. The van der Waals surface area contributed by atoms with Crippen LogP contribution in [0.2, 0.25) is 0 Å². The first kappa shape index (κ1) is 15.7. The molecule has 110 valence electrons. The van der Waals surface area contributed by atoms with E-state index in [2.05, 4.69) is 26.5 Å². The van der Waals surface area contributed by atoms with E-state index in [9.17, 15) is 4.79 Å². The normalized spacial score (nSPS) is 11.3. The fourth-order valence-corrected chi connectivity index (χ4v) is 2.96. The molecule has 0 atom stereocenters. The minimum atomic E-state index is -0.243. The van der Waals surface area contributed by atoms with E-state index in [1.54, 1.807) is 35.6 Å². The molecule has 0 radical (unpaired) electrons. The Labute approximate surface area is 136 Å². The highest BCUT2D eigenvalue weighted by molar-refractivity contribution is 9.11. The molecule has 0 bridgehead atoms. The number of nitrogens with one attached hydrogen (secondary N) is 1. The number of rotatable bonds is 5. The van der Waals surface area contributed by atoms with Gasteiger partial charge in [0.05, 0.1) is 21.0 Å². The van der Waals surface area contributed by atoms with Gasteiger partial charge >= 0.3 is 0 Å². The smallest absolute Gasteiger partial charge is 0.271 e. The maximum absolute atomic E-state index is 12.0. The maximum Gasteiger partial charge on any atom is 0.271 e. The van der Waals surface area contributed by atoms with Crippen molar-refractivity contribution in [2.75, 3.05) is 6.61 Å². The van der Waals surface area contributed by atoms with E-state index < -0.39 is 0 Å². The molecule has 4 nitrogen and oxygen atoms in total. The Morgan fingerprint density at radius 2 is 2.00 bits per heavy atom. The minimum absolute atomic E-state index is 0.243. The van der Waals surface area contributed by atoms with Crippen molar-refractivity contribution in [2.24, 2.45) is 5.10 Å². The van der Waals surface area contributed by atoms with Gasteiger partial charge in [-0.1, -0.05) is 0 Å². The summed E-state index contributed by atoms with van der Waals surface area (Å²) in [4.78, 5) is 13.0. The van der Waals surface area contributed by atoms with Gasteiger partial charge in [0.15, 0.2) is 0 Å². The van der Waals surface area contributed by atoms with E-state index in [1.807, 2.05) is 26.0 Å². The number of hydrogen-bond acceptors (Lipinski definition) is 4. The molecule has 1 aromatic heterocycles. The zero-order valence-electron chi connectivity index (χ0n) is 11.7. The lowest BCUT2D eigenvalue weighted by atomic mass is 10.2. The molecule has 1 N–H and O–H groups in total. The fraction of sp³-hybridized carbons (Fsp3) is 0.200. The van der Waals surface area contributed by atoms with Crippen LogP contribution in [0.1, 0.15) is 29.1 Å². The molecule has 0 saturated heterocycles. The zero-order valence-corrected chi connectivity index (χ0v) is 14.1. The molecule has 2 aromatic rings. The van der Waals surface area contributed by atoms with Crippen molar-refractivity contribution in [1.82, 2.24) is 5.43 Å². The lowest BCUT2D eigenvalue weighted by molar-refractivity contribution is 0.0955. The zero-order chi connectivity index (χ0) is 15.2. The molecular formula is C15H15BrN2O2S. The van der Waals surface area contributed by atoms with Gasteiger partial charge in [-0.25, -0.2) is 5.43 Å². The number of carbonyl (C=O) groups is 1. The summed E-state index contributed by atoms with van der Waals surface area (Å²) in [6.45, 7) is 4.38. The molecule has 0 aliphatic heterocycles. The van der Waals surface area contributed by atoms with Gasteiger partial charge in [-0.2, -0.15) is 5.10 Å². The first-order chi connectivity index (χ1) is 10.1. The lowest BCUT2D eigenvalue weighted by Gasteiger charge is -2.04. The molecule has 0 unspecified atom stereocenters. The molecule has 1 heterocycles. The van der Waals surface area contributed by atoms with Crippen LogP contribution in [0, 0.1) is 0 Å². The second-order valence-corrected chi connectivity index (χ2v) is 6.66. The number of hydrogen-bond donors (Lipinski definition) is 1. The Balaban J connectivity index is 2.00. The average molecular weight is 367 g/mol. The molecule has 1 aromatic carbocycles. The standard InChI is InChI=1S/C15H15BrN2O2S/c1-3-20-12-6-4-11(5-7-12)15(19)18-17-10(2)13-8-9-14(16)21-13/h4-9H,3H2,1-2H3,(H,18,19)/b17-10-. The SMILES string of the molecule is CCOc1ccc(C(=O)N/N=C(/C)c2ccc(Br)s2)cc1. The minimum Gasteiger partial charge on any atom is -0.494 e. The quantitative estimate of drug-likeness (QED) is 0.640. The summed E-state index contributed by atoms with van der Waals surface area (Å²) >= 11 is 4.97. The van der Waals surface area contributed by atoms with Crippen LogP contribution >= 0.6 is 27.3 Å². The molecule has 0 saturated carbocycles. The molecule has 1 amide bonds. The predicted molar refractivity (Wildman–Crippen MR) is 89.3 cm³/mol. The molecule has 0 fully saturated rings. The summed E-state index contributed by atoms with van der Waals surface area (Å²) in [7, 11) is 0. The largest absolute Gasteiger partial charge is 0.494 e. The van der Waals surface area contributed by atoms with Crippen molar-refractivity contribution in [3.05, 3.63) is 50.6 Å². The van der Waals surface area contributed by atoms with Crippen LogP contribution in [-0.4, -0.2) is 18.2 Å². The molecule has 0 aliphatic rings. The number of benzene rings is 1. The summed E-state index contributed by atoms with van der Waals surface area (Å²) in [5.41, 5.74) is 3.87. The number of ether oxygens (including phenoxy) is 1. The van der Waals surface area contributed by atoms with E-state index in [0.717, 1.165) is 20.1 Å². The van der Waals surface area contributed by atoms with Gasteiger partial charge in [-0.05, 0) is 66.2 Å². The fourth-order valence-electron chi connectivity index (χ4n) is 1.63. The first-order valence-corrected chi connectivity index (χ1v) is 8.04. The van der Waals surface area contributed by atoms with E-state index in [4.69, 9.17) is 4.74 Å². The van der Waals surface area contributed by atoms with Crippen molar-refractivity contribution < 1.29 is 9.53 Å². The maximum atomic E-state index is 12.0. The van der Waals surface area contributed by atoms with Crippen molar-refractivity contribution in [3.63, 3.8) is 0 Å². The van der Waals surface area contributed by atoms with Crippen LogP contribution in [0.3, 0.4) is 0 Å². The van der Waals surface area contributed by atoms with Crippen LogP contribution in [0.5, 0.6) is 5.75 Å². The molecule has 2 rings (SSSR count). The van der Waals surface area contributed by atoms with Gasteiger partial charge < -0.3 is 4.74 Å². The van der Waals surface area contributed by atoms with Crippen LogP contribution in [0.15, 0.2) is 45.3 Å². The van der Waals surface area contributed by atoms with Crippen molar-refractivity contribution in [2.45, 2.75) is 13.8 Å². The van der Waals surface area contributed by atoms with Crippen LogP contribution in [0.4, 0.5) is 0 Å². The Morgan fingerprint density at radius 3 is 2.57 bits per heavy atom. The highest BCUT2D eigenvalue weighted by atomic mass is 79.9. The van der Waals surface area contributed by atoms with Crippen molar-refractivity contribution >= 4 is 38.9 Å². The van der Waals surface area contributed by atoms with Gasteiger partial charge in [0.2, 0.25) is 0 Å². The van der Waals surface area contributed by atoms with Crippen LogP contribution < -0.4 is 10.2 Å². The van der Waals surface area contributed by atoms with Gasteiger partial charge in [0, 0.05) is 5.56 Å². The van der Waals surface area contributed by atoms with Crippen molar-refractivity contribution in [3.8, 4) is 5.75 Å². The van der Waals surface area contributed by atoms with Gasteiger partial charge in [0.25, 0.3) is 5.91 Å². The molecule has 6 heteroatoms. The summed E-state index contributed by atoms with van der Waals surface area (Å²) in [6.07, 6.45) is 0. The second-order valence-electron chi connectivity index (χ2n) is 4.20. The highest BCUT2D eigenvalue weighted by Gasteiger charge is 2.06. The molecular weight excluding hydrogens is 352 g/mol.